The number of benzene rings is 2. The van der Waals surface area contributed by atoms with Gasteiger partial charge in [-0.25, -0.2) is 4.98 Å². The van der Waals surface area contributed by atoms with E-state index < -0.39 is 0 Å². The van der Waals surface area contributed by atoms with E-state index >= 15 is 0 Å². The van der Waals surface area contributed by atoms with E-state index in [0.29, 0.717) is 40.6 Å². The van der Waals surface area contributed by atoms with Crippen LogP contribution in [0.4, 0.5) is 5.69 Å². The lowest BCUT2D eigenvalue weighted by Gasteiger charge is -2.13. The van der Waals surface area contributed by atoms with Crippen LogP contribution >= 0.6 is 11.8 Å². The molecule has 3 rings (SSSR count). The van der Waals surface area contributed by atoms with Crippen LogP contribution in [0.15, 0.2) is 58.5 Å². The molecule has 0 bridgehead atoms. The van der Waals surface area contributed by atoms with Gasteiger partial charge >= 0.3 is 0 Å². The highest BCUT2D eigenvalue weighted by Gasteiger charge is 2.13. The molecule has 7 nitrogen and oxygen atoms in total. The number of thioether (sulfide) groups is 1. The van der Waals surface area contributed by atoms with E-state index in [1.54, 1.807) is 61.3 Å². The Hall–Kier alpha value is -2.84. The fourth-order valence-electron chi connectivity index (χ4n) is 2.67. The second-order valence-corrected chi connectivity index (χ2v) is 6.87. The summed E-state index contributed by atoms with van der Waals surface area (Å²) in [5, 5.41) is 3.85. The topological polar surface area (TPSA) is 82.4 Å². The smallest absolute Gasteiger partial charge is 0.262 e. The first-order chi connectivity index (χ1) is 13.6. The average molecular weight is 399 g/mol. The van der Waals surface area contributed by atoms with E-state index in [-0.39, 0.29) is 17.2 Å². The van der Waals surface area contributed by atoms with Crippen LogP contribution in [0.5, 0.6) is 5.75 Å². The van der Waals surface area contributed by atoms with Gasteiger partial charge in [0.2, 0.25) is 5.91 Å². The minimum atomic E-state index is -0.195. The molecule has 2 aromatic carbocycles. The van der Waals surface area contributed by atoms with Crippen molar-refractivity contribution in [2.75, 3.05) is 31.9 Å². The molecule has 146 valence electrons. The Morgan fingerprint density at radius 1 is 1.18 bits per heavy atom. The maximum atomic E-state index is 12.8. The van der Waals surface area contributed by atoms with E-state index in [1.807, 2.05) is 6.07 Å². The highest BCUT2D eigenvalue weighted by atomic mass is 32.2. The number of aromatic nitrogens is 2. The molecule has 0 atom stereocenters. The van der Waals surface area contributed by atoms with Gasteiger partial charge in [0.15, 0.2) is 5.16 Å². The number of nitrogens with zero attached hydrogens (tertiary/aromatic N) is 2. The molecule has 1 aromatic heterocycles. The van der Waals surface area contributed by atoms with E-state index in [9.17, 15) is 9.59 Å². The lowest BCUT2D eigenvalue weighted by molar-refractivity contribution is -0.113. The quantitative estimate of drug-likeness (QED) is 0.463. The Kier molecular flexibility index (Phi) is 6.67. The van der Waals surface area contributed by atoms with Gasteiger partial charge in [0.05, 0.1) is 36.9 Å². The predicted octanol–water partition coefficient (Wildman–Crippen LogP) is 2.78. The third-order valence-electron chi connectivity index (χ3n) is 4.03. The standard InChI is InChI=1S/C20H21N3O4S/c1-26-11-10-23-19(25)16-8-3-4-9-17(16)22-20(23)28-13-18(24)21-14-6-5-7-15(12-14)27-2/h3-9,12H,10-11,13H2,1-2H3,(H,21,24). The van der Waals surface area contributed by atoms with Gasteiger partial charge in [0, 0.05) is 18.9 Å². The number of ether oxygens (including phenoxy) is 2. The maximum Gasteiger partial charge on any atom is 0.262 e. The number of hydrogen-bond donors (Lipinski definition) is 1. The first-order valence-electron chi connectivity index (χ1n) is 8.67. The average Bonchev–Trinajstić information content (AvgIpc) is 2.72. The highest BCUT2D eigenvalue weighted by molar-refractivity contribution is 7.99. The minimum absolute atomic E-state index is 0.120. The van der Waals surface area contributed by atoms with Gasteiger partial charge in [-0.3, -0.25) is 14.2 Å². The first-order valence-corrected chi connectivity index (χ1v) is 9.66. The SMILES string of the molecule is COCCn1c(SCC(=O)Nc2cccc(OC)c2)nc2ccccc2c1=O. The minimum Gasteiger partial charge on any atom is -0.497 e. The van der Waals surface area contributed by atoms with Crippen molar-refractivity contribution in [3.63, 3.8) is 0 Å². The number of anilines is 1. The molecule has 0 saturated heterocycles. The summed E-state index contributed by atoms with van der Waals surface area (Å²) in [7, 11) is 3.15. The van der Waals surface area contributed by atoms with E-state index in [1.165, 1.54) is 11.8 Å². The third-order valence-corrected chi connectivity index (χ3v) is 5.01. The number of carbonyl (C=O) groups is 1. The monoisotopic (exact) mass is 399 g/mol. The number of rotatable bonds is 8. The molecule has 0 radical (unpaired) electrons. The third kappa shape index (κ3) is 4.71. The molecule has 1 N–H and O–H groups in total. The van der Waals surface area contributed by atoms with Crippen LogP contribution < -0.4 is 15.6 Å². The second-order valence-electron chi connectivity index (χ2n) is 5.93. The lowest BCUT2D eigenvalue weighted by Crippen LogP contribution is -2.26. The van der Waals surface area contributed by atoms with Gasteiger partial charge in [0.1, 0.15) is 5.75 Å². The van der Waals surface area contributed by atoms with Gasteiger partial charge < -0.3 is 14.8 Å². The number of carbonyl (C=O) groups excluding carboxylic acids is 1. The lowest BCUT2D eigenvalue weighted by atomic mass is 10.2. The zero-order valence-corrected chi connectivity index (χ0v) is 16.5. The fourth-order valence-corrected chi connectivity index (χ4v) is 3.49. The maximum absolute atomic E-state index is 12.8. The molecule has 1 heterocycles. The predicted molar refractivity (Wildman–Crippen MR) is 110 cm³/mol. The summed E-state index contributed by atoms with van der Waals surface area (Å²) >= 11 is 1.22. The molecule has 0 aliphatic heterocycles. The molecule has 28 heavy (non-hydrogen) atoms. The largest absolute Gasteiger partial charge is 0.497 e. The van der Waals surface area contributed by atoms with Gasteiger partial charge in [-0.2, -0.15) is 0 Å². The van der Waals surface area contributed by atoms with Crippen molar-refractivity contribution in [1.82, 2.24) is 9.55 Å². The molecule has 1 amide bonds. The van der Waals surface area contributed by atoms with Crippen LogP contribution in [0.2, 0.25) is 0 Å². The van der Waals surface area contributed by atoms with Crippen molar-refractivity contribution in [3.05, 3.63) is 58.9 Å². The van der Waals surface area contributed by atoms with Gasteiger partial charge in [-0.15, -0.1) is 0 Å². The first kappa shape index (κ1) is 19.9. The van der Waals surface area contributed by atoms with Crippen molar-refractivity contribution in [1.29, 1.82) is 0 Å². The van der Waals surface area contributed by atoms with Crippen LogP contribution in [0.3, 0.4) is 0 Å². The summed E-state index contributed by atoms with van der Waals surface area (Å²) in [4.78, 5) is 29.7. The van der Waals surface area contributed by atoms with Crippen LogP contribution in [-0.2, 0) is 16.1 Å². The van der Waals surface area contributed by atoms with Crippen molar-refractivity contribution < 1.29 is 14.3 Å². The zero-order chi connectivity index (χ0) is 19.9. The van der Waals surface area contributed by atoms with Crippen LogP contribution in [0, 0.1) is 0 Å². The van der Waals surface area contributed by atoms with Crippen molar-refractivity contribution in [2.45, 2.75) is 11.7 Å². The summed E-state index contributed by atoms with van der Waals surface area (Å²) < 4.78 is 11.8. The molecule has 0 unspecified atom stereocenters. The fraction of sp³-hybridized carbons (Fsp3) is 0.250. The molecular formula is C20H21N3O4S. The van der Waals surface area contributed by atoms with Crippen molar-refractivity contribution in [3.8, 4) is 5.75 Å². The van der Waals surface area contributed by atoms with Crippen molar-refractivity contribution in [2.24, 2.45) is 0 Å². The Bertz CT molecular complexity index is 1040. The molecule has 0 fully saturated rings. The summed E-state index contributed by atoms with van der Waals surface area (Å²) in [6, 6.07) is 14.3. The number of methoxy groups -OCH3 is 2. The Labute approximate surface area is 166 Å². The van der Waals surface area contributed by atoms with Gasteiger partial charge in [0.25, 0.3) is 5.56 Å². The van der Waals surface area contributed by atoms with Gasteiger partial charge in [-0.1, -0.05) is 30.0 Å². The molecular weight excluding hydrogens is 378 g/mol. The number of hydrogen-bond acceptors (Lipinski definition) is 6. The molecule has 3 aromatic rings. The molecule has 0 saturated carbocycles. The Morgan fingerprint density at radius 2 is 2.00 bits per heavy atom. The Balaban J connectivity index is 1.78. The molecule has 0 spiro atoms. The summed E-state index contributed by atoms with van der Waals surface area (Å²) in [6.07, 6.45) is 0. The number of nitrogens with one attached hydrogen (secondary N) is 1. The summed E-state index contributed by atoms with van der Waals surface area (Å²) in [5.74, 6) is 0.587. The van der Waals surface area contributed by atoms with E-state index in [2.05, 4.69) is 10.3 Å². The normalized spacial score (nSPS) is 10.8. The summed E-state index contributed by atoms with van der Waals surface area (Å²) in [6.45, 7) is 0.747. The second kappa shape index (κ2) is 9.38. The molecule has 8 heteroatoms. The van der Waals surface area contributed by atoms with Crippen LogP contribution in [-0.4, -0.2) is 42.0 Å². The number of amides is 1. The number of para-hydroxylation sites is 1. The molecule has 0 aliphatic carbocycles. The Morgan fingerprint density at radius 3 is 2.79 bits per heavy atom. The zero-order valence-electron chi connectivity index (χ0n) is 15.7. The van der Waals surface area contributed by atoms with Crippen LogP contribution in [0.25, 0.3) is 10.9 Å². The number of fused-ring (bicyclic) bond motifs is 1. The molecule has 0 aliphatic rings. The highest BCUT2D eigenvalue weighted by Crippen LogP contribution is 2.20. The van der Waals surface area contributed by atoms with E-state index in [0.717, 1.165) is 0 Å². The summed E-state index contributed by atoms with van der Waals surface area (Å²) in [5.41, 5.74) is 1.11. The van der Waals surface area contributed by atoms with Crippen LogP contribution in [0.1, 0.15) is 0 Å². The van der Waals surface area contributed by atoms with Crippen molar-refractivity contribution >= 4 is 34.3 Å². The van der Waals surface area contributed by atoms with Gasteiger partial charge in [-0.05, 0) is 24.3 Å². The van der Waals surface area contributed by atoms with E-state index in [4.69, 9.17) is 9.47 Å².